The molecule has 0 aliphatic rings. The van der Waals surface area contributed by atoms with E-state index in [4.69, 9.17) is 4.74 Å². The van der Waals surface area contributed by atoms with E-state index in [1.807, 2.05) is 39.8 Å². The summed E-state index contributed by atoms with van der Waals surface area (Å²) in [4.78, 5) is 23.2. The van der Waals surface area contributed by atoms with E-state index in [-0.39, 0.29) is 24.8 Å². The molecular formula is C15H21NO3. The first-order valence-corrected chi connectivity index (χ1v) is 6.34. The van der Waals surface area contributed by atoms with Gasteiger partial charge in [-0.3, -0.25) is 9.59 Å². The van der Waals surface area contributed by atoms with E-state index in [9.17, 15) is 9.59 Å². The normalized spacial score (nSPS) is 10.9. The maximum absolute atomic E-state index is 11.8. The monoisotopic (exact) mass is 263 g/mol. The van der Waals surface area contributed by atoms with Gasteiger partial charge in [0.15, 0.2) is 0 Å². The molecule has 0 atom stereocenters. The number of hydrogen-bond donors (Lipinski definition) is 1. The Kier molecular flexibility index (Phi) is 5.10. The second-order valence-electron chi connectivity index (χ2n) is 5.46. The molecule has 1 amide bonds. The van der Waals surface area contributed by atoms with E-state index < -0.39 is 5.60 Å². The molecule has 0 saturated heterocycles. The molecule has 19 heavy (non-hydrogen) atoms. The minimum absolute atomic E-state index is 0.175. The van der Waals surface area contributed by atoms with Crippen molar-refractivity contribution in [1.29, 1.82) is 0 Å². The van der Waals surface area contributed by atoms with Crippen LogP contribution < -0.4 is 5.32 Å². The topological polar surface area (TPSA) is 55.4 Å². The van der Waals surface area contributed by atoms with Gasteiger partial charge in [0, 0.05) is 12.1 Å². The van der Waals surface area contributed by atoms with Crippen LogP contribution in [0.25, 0.3) is 0 Å². The molecule has 1 N–H and O–H groups in total. The number of ether oxygens (including phenoxy) is 1. The van der Waals surface area contributed by atoms with Crippen LogP contribution in [0.4, 0.5) is 0 Å². The maximum atomic E-state index is 11.8. The molecule has 0 heterocycles. The fourth-order valence-electron chi connectivity index (χ4n) is 1.48. The third-order valence-electron chi connectivity index (χ3n) is 2.35. The Morgan fingerprint density at radius 1 is 1.16 bits per heavy atom. The summed E-state index contributed by atoms with van der Waals surface area (Å²) in [5.41, 5.74) is 1.21. The Labute approximate surface area is 114 Å². The SMILES string of the molecule is Cc1ccc(C(=O)NCCC(=O)OC(C)(C)C)cc1. The summed E-state index contributed by atoms with van der Waals surface area (Å²) in [7, 11) is 0. The molecule has 4 nitrogen and oxygen atoms in total. The molecule has 1 aromatic rings. The molecule has 0 unspecified atom stereocenters. The number of esters is 1. The number of nitrogens with one attached hydrogen (secondary N) is 1. The van der Waals surface area contributed by atoms with Gasteiger partial charge in [-0.05, 0) is 39.8 Å². The van der Waals surface area contributed by atoms with Gasteiger partial charge >= 0.3 is 5.97 Å². The first kappa shape index (κ1) is 15.2. The average Bonchev–Trinajstić information content (AvgIpc) is 2.27. The van der Waals surface area contributed by atoms with Crippen molar-refractivity contribution in [2.75, 3.05) is 6.54 Å². The third-order valence-corrected chi connectivity index (χ3v) is 2.35. The highest BCUT2D eigenvalue weighted by atomic mass is 16.6. The van der Waals surface area contributed by atoms with Crippen LogP contribution >= 0.6 is 0 Å². The first-order valence-electron chi connectivity index (χ1n) is 6.34. The summed E-state index contributed by atoms with van der Waals surface area (Å²) in [6.07, 6.45) is 0.175. The van der Waals surface area contributed by atoms with Crippen molar-refractivity contribution in [2.45, 2.75) is 39.7 Å². The summed E-state index contributed by atoms with van der Waals surface area (Å²) in [6, 6.07) is 7.28. The summed E-state index contributed by atoms with van der Waals surface area (Å²) >= 11 is 0. The molecule has 0 aliphatic heterocycles. The maximum Gasteiger partial charge on any atom is 0.308 e. The highest BCUT2D eigenvalue weighted by molar-refractivity contribution is 5.94. The third kappa shape index (κ3) is 6.04. The summed E-state index contributed by atoms with van der Waals surface area (Å²) < 4.78 is 5.15. The van der Waals surface area contributed by atoms with Crippen LogP contribution in [-0.2, 0) is 9.53 Å². The van der Waals surface area contributed by atoms with Gasteiger partial charge in [0.25, 0.3) is 5.91 Å². The van der Waals surface area contributed by atoms with Gasteiger partial charge in [-0.1, -0.05) is 17.7 Å². The Hall–Kier alpha value is -1.84. The van der Waals surface area contributed by atoms with Crippen LogP contribution in [0.5, 0.6) is 0 Å². The summed E-state index contributed by atoms with van der Waals surface area (Å²) in [5.74, 6) is -0.486. The standard InChI is InChI=1S/C15H21NO3/c1-11-5-7-12(8-6-11)14(18)16-10-9-13(17)19-15(2,3)4/h5-8H,9-10H2,1-4H3,(H,16,18). The molecular weight excluding hydrogens is 242 g/mol. The predicted octanol–water partition coefficient (Wildman–Crippen LogP) is 2.46. The summed E-state index contributed by atoms with van der Waals surface area (Å²) in [5, 5.41) is 2.70. The quantitative estimate of drug-likeness (QED) is 0.849. The lowest BCUT2D eigenvalue weighted by molar-refractivity contribution is -0.154. The van der Waals surface area contributed by atoms with Crippen LogP contribution in [-0.4, -0.2) is 24.0 Å². The molecule has 0 bridgehead atoms. The van der Waals surface area contributed by atoms with E-state index in [1.54, 1.807) is 12.1 Å². The smallest absolute Gasteiger partial charge is 0.308 e. The zero-order valence-corrected chi connectivity index (χ0v) is 11.9. The van der Waals surface area contributed by atoms with Crippen molar-refractivity contribution < 1.29 is 14.3 Å². The van der Waals surface area contributed by atoms with Crippen molar-refractivity contribution in [1.82, 2.24) is 5.32 Å². The zero-order chi connectivity index (χ0) is 14.5. The van der Waals surface area contributed by atoms with Gasteiger partial charge in [-0.15, -0.1) is 0 Å². The Bertz CT molecular complexity index is 443. The van der Waals surface area contributed by atoms with E-state index in [2.05, 4.69) is 5.32 Å². The van der Waals surface area contributed by atoms with Crippen molar-refractivity contribution in [3.05, 3.63) is 35.4 Å². The van der Waals surface area contributed by atoms with Gasteiger partial charge < -0.3 is 10.1 Å². The lowest BCUT2D eigenvalue weighted by atomic mass is 10.1. The van der Waals surface area contributed by atoms with Crippen molar-refractivity contribution >= 4 is 11.9 Å². The van der Waals surface area contributed by atoms with Crippen molar-refractivity contribution in [3.63, 3.8) is 0 Å². The molecule has 1 aromatic carbocycles. The molecule has 0 fully saturated rings. The molecule has 0 aromatic heterocycles. The minimum atomic E-state index is -0.488. The Balaban J connectivity index is 2.35. The van der Waals surface area contributed by atoms with Gasteiger partial charge in [0.1, 0.15) is 5.60 Å². The number of rotatable bonds is 4. The van der Waals surface area contributed by atoms with E-state index in [1.165, 1.54) is 0 Å². The number of carbonyl (C=O) groups excluding carboxylic acids is 2. The highest BCUT2D eigenvalue weighted by Crippen LogP contribution is 2.08. The highest BCUT2D eigenvalue weighted by Gasteiger charge is 2.16. The van der Waals surface area contributed by atoms with Crippen LogP contribution in [0, 0.1) is 6.92 Å². The van der Waals surface area contributed by atoms with Crippen molar-refractivity contribution in [3.8, 4) is 0 Å². The fraction of sp³-hybridized carbons (Fsp3) is 0.467. The van der Waals surface area contributed by atoms with Gasteiger partial charge in [-0.25, -0.2) is 0 Å². The van der Waals surface area contributed by atoms with Crippen molar-refractivity contribution in [2.24, 2.45) is 0 Å². The molecule has 0 aliphatic carbocycles. The van der Waals surface area contributed by atoms with Crippen LogP contribution in [0.15, 0.2) is 24.3 Å². The largest absolute Gasteiger partial charge is 0.460 e. The molecule has 0 saturated carbocycles. The fourth-order valence-corrected chi connectivity index (χ4v) is 1.48. The Morgan fingerprint density at radius 2 is 1.74 bits per heavy atom. The predicted molar refractivity (Wildman–Crippen MR) is 74.0 cm³/mol. The molecule has 0 radical (unpaired) electrons. The number of carbonyl (C=O) groups is 2. The molecule has 1 rings (SSSR count). The lowest BCUT2D eigenvalue weighted by Gasteiger charge is -2.19. The van der Waals surface area contributed by atoms with Crippen LogP contribution in [0.2, 0.25) is 0 Å². The van der Waals surface area contributed by atoms with Gasteiger partial charge in [0.05, 0.1) is 6.42 Å². The second-order valence-corrected chi connectivity index (χ2v) is 5.46. The average molecular weight is 263 g/mol. The zero-order valence-electron chi connectivity index (χ0n) is 11.9. The van der Waals surface area contributed by atoms with Gasteiger partial charge in [-0.2, -0.15) is 0 Å². The van der Waals surface area contributed by atoms with E-state index in [0.717, 1.165) is 5.56 Å². The second kappa shape index (κ2) is 6.36. The van der Waals surface area contributed by atoms with E-state index in [0.29, 0.717) is 5.56 Å². The molecule has 0 spiro atoms. The lowest BCUT2D eigenvalue weighted by Crippen LogP contribution is -2.29. The van der Waals surface area contributed by atoms with Gasteiger partial charge in [0.2, 0.25) is 0 Å². The minimum Gasteiger partial charge on any atom is -0.460 e. The number of benzene rings is 1. The van der Waals surface area contributed by atoms with E-state index >= 15 is 0 Å². The number of amides is 1. The summed E-state index contributed by atoms with van der Waals surface area (Å²) in [6.45, 7) is 7.69. The van der Waals surface area contributed by atoms with Crippen LogP contribution in [0.1, 0.15) is 43.1 Å². The Morgan fingerprint density at radius 3 is 2.26 bits per heavy atom. The molecule has 104 valence electrons. The first-order chi connectivity index (χ1) is 8.78. The molecule has 4 heteroatoms. The van der Waals surface area contributed by atoms with Crippen LogP contribution in [0.3, 0.4) is 0 Å². The number of hydrogen-bond acceptors (Lipinski definition) is 3. The number of aryl methyl sites for hydroxylation is 1.